The number of aliphatic hydroxyl groups is 1. The van der Waals surface area contributed by atoms with Crippen LogP contribution in [0.4, 0.5) is 19.0 Å². The molecule has 1 aromatic carbocycles. The lowest BCUT2D eigenvalue weighted by Crippen LogP contribution is -2.51. The van der Waals surface area contributed by atoms with Crippen LogP contribution in [0.3, 0.4) is 0 Å². The molecular formula is C26H32F3N7O3. The number of anilines is 1. The second-order valence-corrected chi connectivity index (χ2v) is 10.0. The fourth-order valence-corrected chi connectivity index (χ4v) is 5.15. The van der Waals surface area contributed by atoms with Crippen molar-refractivity contribution < 1.29 is 27.8 Å². The minimum Gasteiger partial charge on any atom is -0.492 e. The van der Waals surface area contributed by atoms with E-state index in [0.29, 0.717) is 44.5 Å². The van der Waals surface area contributed by atoms with Crippen molar-refractivity contribution in [3.05, 3.63) is 47.8 Å². The van der Waals surface area contributed by atoms with Gasteiger partial charge < -0.3 is 19.6 Å². The molecule has 2 aromatic heterocycles. The van der Waals surface area contributed by atoms with E-state index in [1.54, 1.807) is 11.0 Å². The van der Waals surface area contributed by atoms with Crippen molar-refractivity contribution in [2.45, 2.75) is 38.0 Å². The number of rotatable bonds is 7. The molecule has 2 aliphatic heterocycles. The Balaban J connectivity index is 1.08. The van der Waals surface area contributed by atoms with Crippen molar-refractivity contribution >= 4 is 17.4 Å². The van der Waals surface area contributed by atoms with Gasteiger partial charge in [-0.3, -0.25) is 9.69 Å². The summed E-state index contributed by atoms with van der Waals surface area (Å²) in [6, 6.07) is 11.3. The quantitative estimate of drug-likeness (QED) is 0.482. The molecule has 39 heavy (non-hydrogen) atoms. The van der Waals surface area contributed by atoms with Crippen molar-refractivity contribution in [1.82, 2.24) is 29.6 Å². The SMILES string of the molecule is C[C@@H](O)C(=O)N1CCN(CCOc2ccc(C3CCN(c4ccc5nnc(C(F)(F)F)n5n4)CC3)cc2)CC1. The first-order valence-electron chi connectivity index (χ1n) is 13.2. The molecule has 1 amide bonds. The molecule has 2 saturated heterocycles. The maximum atomic E-state index is 13.2. The normalized spacial score (nSPS) is 18.5. The number of carbonyl (C=O) groups is 1. The van der Waals surface area contributed by atoms with Crippen LogP contribution in [0.5, 0.6) is 5.75 Å². The number of halogens is 3. The summed E-state index contributed by atoms with van der Waals surface area (Å²) in [6.07, 6.45) is -3.86. The zero-order chi connectivity index (χ0) is 27.6. The number of fused-ring (bicyclic) bond motifs is 1. The summed E-state index contributed by atoms with van der Waals surface area (Å²) >= 11 is 0. The first-order chi connectivity index (χ1) is 18.7. The van der Waals surface area contributed by atoms with E-state index >= 15 is 0 Å². The van der Waals surface area contributed by atoms with Gasteiger partial charge in [0.1, 0.15) is 24.3 Å². The minimum absolute atomic E-state index is 0.0649. The summed E-state index contributed by atoms with van der Waals surface area (Å²) in [5.41, 5.74) is 1.28. The Hall–Kier alpha value is -3.45. The van der Waals surface area contributed by atoms with Crippen LogP contribution >= 0.6 is 0 Å². The molecule has 0 bridgehead atoms. The van der Waals surface area contributed by atoms with Gasteiger partial charge in [0.05, 0.1) is 0 Å². The summed E-state index contributed by atoms with van der Waals surface area (Å²) in [7, 11) is 0. The number of alkyl halides is 3. The molecule has 13 heteroatoms. The van der Waals surface area contributed by atoms with Gasteiger partial charge in [0.25, 0.3) is 11.7 Å². The van der Waals surface area contributed by atoms with Gasteiger partial charge in [-0.1, -0.05) is 12.1 Å². The minimum atomic E-state index is -4.62. The smallest absolute Gasteiger partial charge is 0.453 e. The van der Waals surface area contributed by atoms with Crippen LogP contribution in [0.15, 0.2) is 36.4 Å². The molecule has 1 atom stereocenters. The number of piperidine rings is 1. The van der Waals surface area contributed by atoms with Gasteiger partial charge >= 0.3 is 6.18 Å². The second-order valence-electron chi connectivity index (χ2n) is 10.0. The van der Waals surface area contributed by atoms with Crippen molar-refractivity contribution in [2.24, 2.45) is 0 Å². The number of benzene rings is 1. The predicted molar refractivity (Wildman–Crippen MR) is 137 cm³/mol. The van der Waals surface area contributed by atoms with Crippen LogP contribution in [-0.2, 0) is 11.0 Å². The number of carbonyl (C=O) groups excluding carboxylic acids is 1. The van der Waals surface area contributed by atoms with Crippen LogP contribution in [0.1, 0.15) is 37.1 Å². The van der Waals surface area contributed by atoms with Gasteiger partial charge in [-0.05, 0) is 55.5 Å². The molecule has 0 radical (unpaired) electrons. The van der Waals surface area contributed by atoms with Gasteiger partial charge in [0, 0.05) is 45.8 Å². The fourth-order valence-electron chi connectivity index (χ4n) is 5.15. The standard InChI is InChI=1S/C26H32F3N7O3/c1-18(37)24(38)35-14-12-33(13-15-35)16-17-39-21-4-2-19(3-5-21)20-8-10-34(11-9-20)23-7-6-22-30-31-25(26(27,28)29)36(22)32-23/h2-7,18,20,37H,8-17H2,1H3/t18-/m1/s1. The Kier molecular flexibility index (Phi) is 7.89. The molecule has 0 saturated carbocycles. The number of amides is 1. The Labute approximate surface area is 224 Å². The lowest BCUT2D eigenvalue weighted by molar-refractivity contribution is -0.146. The van der Waals surface area contributed by atoms with Gasteiger partial charge in [0.15, 0.2) is 5.65 Å². The van der Waals surface area contributed by atoms with Crippen LogP contribution in [-0.4, -0.2) is 99.1 Å². The third-order valence-electron chi connectivity index (χ3n) is 7.39. The summed E-state index contributed by atoms with van der Waals surface area (Å²) in [5.74, 6) is 0.280. The highest BCUT2D eigenvalue weighted by Gasteiger charge is 2.38. The number of piperazine rings is 1. The lowest BCUT2D eigenvalue weighted by atomic mass is 9.89. The number of aliphatic hydroxyl groups excluding tert-OH is 1. The number of nitrogens with zero attached hydrogens (tertiary/aromatic N) is 7. The third-order valence-corrected chi connectivity index (χ3v) is 7.39. The molecule has 210 valence electrons. The van der Waals surface area contributed by atoms with E-state index in [1.807, 2.05) is 17.0 Å². The summed E-state index contributed by atoms with van der Waals surface area (Å²) < 4.78 is 46.3. The Morgan fingerprint density at radius 2 is 1.72 bits per heavy atom. The van der Waals surface area contributed by atoms with Gasteiger partial charge in [0.2, 0.25) is 0 Å². The van der Waals surface area contributed by atoms with E-state index < -0.39 is 18.1 Å². The topological polar surface area (TPSA) is 99.3 Å². The third kappa shape index (κ3) is 6.25. The van der Waals surface area contributed by atoms with E-state index in [4.69, 9.17) is 4.74 Å². The highest BCUT2D eigenvalue weighted by Crippen LogP contribution is 2.32. The number of aromatic nitrogens is 4. The van der Waals surface area contributed by atoms with Gasteiger partial charge in [-0.15, -0.1) is 15.3 Å². The zero-order valence-corrected chi connectivity index (χ0v) is 21.7. The lowest BCUT2D eigenvalue weighted by Gasteiger charge is -2.35. The molecule has 1 N–H and O–H groups in total. The van der Waals surface area contributed by atoms with Crippen molar-refractivity contribution in [2.75, 3.05) is 57.3 Å². The van der Waals surface area contributed by atoms with E-state index in [2.05, 4.69) is 32.3 Å². The number of hydrogen-bond donors (Lipinski definition) is 1. The number of ether oxygens (including phenoxy) is 1. The highest BCUT2D eigenvalue weighted by atomic mass is 19.4. The monoisotopic (exact) mass is 547 g/mol. The summed E-state index contributed by atoms with van der Waals surface area (Å²) in [6.45, 7) is 6.89. The molecule has 10 nitrogen and oxygen atoms in total. The Bertz CT molecular complexity index is 1270. The Morgan fingerprint density at radius 1 is 1.03 bits per heavy atom. The van der Waals surface area contributed by atoms with Crippen molar-refractivity contribution in [3.63, 3.8) is 0 Å². The average Bonchev–Trinajstić information content (AvgIpc) is 3.38. The molecule has 3 aromatic rings. The van der Waals surface area contributed by atoms with Crippen molar-refractivity contribution in [3.8, 4) is 5.75 Å². The van der Waals surface area contributed by atoms with Gasteiger partial charge in [-0.2, -0.15) is 17.7 Å². The molecule has 4 heterocycles. The predicted octanol–water partition coefficient (Wildman–Crippen LogP) is 2.43. The van der Waals surface area contributed by atoms with E-state index in [-0.39, 0.29) is 11.6 Å². The molecular weight excluding hydrogens is 515 g/mol. The molecule has 0 aliphatic carbocycles. The average molecular weight is 548 g/mol. The maximum Gasteiger partial charge on any atom is 0.453 e. The van der Waals surface area contributed by atoms with E-state index in [9.17, 15) is 23.1 Å². The molecule has 2 fully saturated rings. The van der Waals surface area contributed by atoms with Crippen LogP contribution in [0.2, 0.25) is 0 Å². The molecule has 0 spiro atoms. The fraction of sp³-hybridized carbons (Fsp3) is 0.538. The van der Waals surface area contributed by atoms with Crippen molar-refractivity contribution in [1.29, 1.82) is 0 Å². The van der Waals surface area contributed by atoms with Crippen LogP contribution in [0, 0.1) is 0 Å². The largest absolute Gasteiger partial charge is 0.492 e. The first kappa shape index (κ1) is 27.1. The zero-order valence-electron chi connectivity index (χ0n) is 21.7. The maximum absolute atomic E-state index is 13.2. The summed E-state index contributed by atoms with van der Waals surface area (Å²) in [4.78, 5) is 17.8. The summed E-state index contributed by atoms with van der Waals surface area (Å²) in [5, 5.41) is 20.4. The first-order valence-corrected chi connectivity index (χ1v) is 13.2. The molecule has 2 aliphatic rings. The second kappa shape index (κ2) is 11.3. The van der Waals surface area contributed by atoms with E-state index in [0.717, 1.165) is 42.7 Å². The van der Waals surface area contributed by atoms with Crippen LogP contribution in [0.25, 0.3) is 5.65 Å². The molecule has 5 rings (SSSR count). The molecule has 0 unspecified atom stereocenters. The van der Waals surface area contributed by atoms with Crippen LogP contribution < -0.4 is 9.64 Å². The van der Waals surface area contributed by atoms with Gasteiger partial charge in [-0.25, -0.2) is 0 Å². The Morgan fingerprint density at radius 3 is 2.36 bits per heavy atom. The highest BCUT2D eigenvalue weighted by molar-refractivity contribution is 5.80. The van der Waals surface area contributed by atoms with E-state index in [1.165, 1.54) is 18.6 Å². The number of hydrogen-bond acceptors (Lipinski definition) is 8.